The maximum Gasteiger partial charge on any atom is 0.311 e. The third-order valence-corrected chi connectivity index (χ3v) is 2.60. The zero-order valence-electron chi connectivity index (χ0n) is 8.90. The quantitative estimate of drug-likeness (QED) is 0.654. The Labute approximate surface area is 88.9 Å². The van der Waals surface area contributed by atoms with Crippen molar-refractivity contribution in [2.75, 3.05) is 5.73 Å². The van der Waals surface area contributed by atoms with Crippen LogP contribution in [0.25, 0.3) is 0 Å². The van der Waals surface area contributed by atoms with Gasteiger partial charge in [0.05, 0.1) is 5.41 Å². The Morgan fingerprint density at radius 1 is 1.47 bits per heavy atom. The fourth-order valence-corrected chi connectivity index (χ4v) is 1.30. The summed E-state index contributed by atoms with van der Waals surface area (Å²) in [6.45, 7) is 3.20. The summed E-state index contributed by atoms with van der Waals surface area (Å²) in [4.78, 5) is 11.0. The summed E-state index contributed by atoms with van der Waals surface area (Å²) in [5.74, 6) is -0.919. The Morgan fingerprint density at radius 2 is 2.07 bits per heavy atom. The molecule has 5 N–H and O–H groups in total. The molecule has 0 heterocycles. The molecule has 15 heavy (non-hydrogen) atoms. The predicted molar refractivity (Wildman–Crippen MR) is 59.2 cm³/mol. The molecule has 0 bridgehead atoms. The first-order valence-corrected chi connectivity index (χ1v) is 4.70. The maximum atomic E-state index is 11.0. The van der Waals surface area contributed by atoms with Crippen LogP contribution < -0.4 is 11.5 Å². The molecule has 1 atom stereocenters. The minimum absolute atomic E-state index is 0.571. The van der Waals surface area contributed by atoms with Crippen LogP contribution in [0.4, 0.5) is 5.69 Å². The van der Waals surface area contributed by atoms with Crippen LogP contribution in [0.15, 0.2) is 24.3 Å². The van der Waals surface area contributed by atoms with Crippen LogP contribution in [0.1, 0.15) is 25.5 Å². The summed E-state index contributed by atoms with van der Waals surface area (Å²) in [5, 5.41) is 9.03. The van der Waals surface area contributed by atoms with E-state index in [1.54, 1.807) is 38.1 Å². The van der Waals surface area contributed by atoms with Crippen LogP contribution in [-0.4, -0.2) is 11.1 Å². The van der Waals surface area contributed by atoms with Crippen molar-refractivity contribution in [3.05, 3.63) is 29.8 Å². The average molecular weight is 208 g/mol. The van der Waals surface area contributed by atoms with Crippen molar-refractivity contribution in [3.63, 3.8) is 0 Å². The highest BCUT2D eigenvalue weighted by molar-refractivity contribution is 5.75. The number of carbonyl (C=O) groups is 1. The van der Waals surface area contributed by atoms with E-state index in [0.717, 1.165) is 5.56 Å². The number of rotatable bonds is 3. The van der Waals surface area contributed by atoms with Gasteiger partial charge in [-0.25, -0.2) is 0 Å². The number of benzene rings is 1. The number of hydrogen-bond donors (Lipinski definition) is 3. The van der Waals surface area contributed by atoms with Crippen molar-refractivity contribution in [1.82, 2.24) is 0 Å². The zero-order valence-corrected chi connectivity index (χ0v) is 8.90. The lowest BCUT2D eigenvalue weighted by atomic mass is 9.81. The lowest BCUT2D eigenvalue weighted by Crippen LogP contribution is -2.36. The molecule has 0 aromatic heterocycles. The van der Waals surface area contributed by atoms with Crippen molar-refractivity contribution >= 4 is 11.7 Å². The van der Waals surface area contributed by atoms with Crippen LogP contribution in [-0.2, 0) is 4.79 Å². The Balaban J connectivity index is 3.04. The number of nitrogens with two attached hydrogens (primary N) is 2. The number of carboxylic acids is 1. The van der Waals surface area contributed by atoms with E-state index in [1.165, 1.54) is 0 Å². The molecular formula is C11H16N2O2. The summed E-state index contributed by atoms with van der Waals surface area (Å²) in [6, 6.07) is 6.42. The molecule has 0 spiro atoms. The summed E-state index contributed by atoms with van der Waals surface area (Å²) in [7, 11) is 0. The topological polar surface area (TPSA) is 89.3 Å². The van der Waals surface area contributed by atoms with E-state index in [-0.39, 0.29) is 0 Å². The minimum atomic E-state index is -1.01. The molecule has 0 aliphatic heterocycles. The van der Waals surface area contributed by atoms with Gasteiger partial charge in [0.15, 0.2) is 0 Å². The number of anilines is 1. The predicted octanol–water partition coefficient (Wildman–Crippen LogP) is 1.38. The second-order valence-electron chi connectivity index (χ2n) is 4.17. The van der Waals surface area contributed by atoms with E-state index in [1.807, 2.05) is 0 Å². The zero-order chi connectivity index (χ0) is 11.6. The molecule has 0 saturated carbocycles. The highest BCUT2D eigenvalue weighted by Gasteiger charge is 2.35. The van der Waals surface area contributed by atoms with Gasteiger partial charge >= 0.3 is 5.97 Å². The van der Waals surface area contributed by atoms with Gasteiger partial charge < -0.3 is 16.6 Å². The first kappa shape index (κ1) is 11.5. The third kappa shape index (κ3) is 2.27. The normalized spacial score (nSPS) is 13.5. The Hall–Kier alpha value is -1.55. The fourth-order valence-electron chi connectivity index (χ4n) is 1.30. The van der Waals surface area contributed by atoms with Crippen molar-refractivity contribution in [2.24, 2.45) is 11.1 Å². The highest BCUT2D eigenvalue weighted by Crippen LogP contribution is 2.31. The number of aliphatic carboxylic acids is 1. The fraction of sp³-hybridized carbons (Fsp3) is 0.364. The molecule has 0 saturated heterocycles. The van der Waals surface area contributed by atoms with Crippen LogP contribution >= 0.6 is 0 Å². The Bertz CT molecular complexity index is 375. The molecule has 0 aliphatic rings. The van der Waals surface area contributed by atoms with Gasteiger partial charge in [-0.3, -0.25) is 4.79 Å². The van der Waals surface area contributed by atoms with E-state index < -0.39 is 17.4 Å². The van der Waals surface area contributed by atoms with Gasteiger partial charge in [0.1, 0.15) is 0 Å². The third-order valence-electron chi connectivity index (χ3n) is 2.60. The molecule has 0 aliphatic carbocycles. The minimum Gasteiger partial charge on any atom is -0.481 e. The van der Waals surface area contributed by atoms with Crippen molar-refractivity contribution in [2.45, 2.75) is 19.9 Å². The number of nitrogen functional groups attached to an aromatic ring is 1. The van der Waals surface area contributed by atoms with E-state index in [4.69, 9.17) is 16.6 Å². The van der Waals surface area contributed by atoms with Gasteiger partial charge in [0, 0.05) is 11.7 Å². The Morgan fingerprint density at radius 3 is 2.53 bits per heavy atom. The van der Waals surface area contributed by atoms with E-state index >= 15 is 0 Å². The Kier molecular flexibility index (Phi) is 3.00. The molecule has 4 heteroatoms. The van der Waals surface area contributed by atoms with Crippen LogP contribution in [0.2, 0.25) is 0 Å². The van der Waals surface area contributed by atoms with E-state index in [9.17, 15) is 4.79 Å². The number of hydrogen-bond acceptors (Lipinski definition) is 3. The van der Waals surface area contributed by atoms with Gasteiger partial charge in [-0.15, -0.1) is 0 Å². The lowest BCUT2D eigenvalue weighted by Gasteiger charge is -2.27. The standard InChI is InChI=1S/C11H16N2O2/c1-11(2,10(14)15)9(13)7-4-3-5-8(12)6-7/h3-6,9H,12-13H2,1-2H3,(H,14,15). The first-order chi connectivity index (χ1) is 6.85. The first-order valence-electron chi connectivity index (χ1n) is 4.70. The van der Waals surface area contributed by atoms with Gasteiger partial charge in [-0.1, -0.05) is 12.1 Å². The lowest BCUT2D eigenvalue weighted by molar-refractivity contribution is -0.148. The molecule has 0 fully saturated rings. The summed E-state index contributed by atoms with van der Waals surface area (Å²) < 4.78 is 0. The largest absolute Gasteiger partial charge is 0.481 e. The monoisotopic (exact) mass is 208 g/mol. The van der Waals surface area contributed by atoms with Crippen LogP contribution in [0.5, 0.6) is 0 Å². The van der Waals surface area contributed by atoms with E-state index in [0.29, 0.717) is 5.69 Å². The van der Waals surface area contributed by atoms with Gasteiger partial charge in [0.25, 0.3) is 0 Å². The molecule has 1 aromatic carbocycles. The number of carboxylic acid groups (broad SMARTS) is 1. The maximum absolute atomic E-state index is 11.0. The summed E-state index contributed by atoms with van der Waals surface area (Å²) in [6.07, 6.45) is 0. The molecule has 1 unspecified atom stereocenters. The molecule has 0 radical (unpaired) electrons. The molecule has 82 valence electrons. The van der Waals surface area contributed by atoms with Crippen LogP contribution in [0.3, 0.4) is 0 Å². The summed E-state index contributed by atoms with van der Waals surface area (Å²) >= 11 is 0. The molecule has 4 nitrogen and oxygen atoms in total. The van der Waals surface area contributed by atoms with E-state index in [2.05, 4.69) is 0 Å². The SMILES string of the molecule is CC(C)(C(=O)O)C(N)c1cccc(N)c1. The van der Waals surface area contributed by atoms with Gasteiger partial charge in [-0.2, -0.15) is 0 Å². The average Bonchev–Trinajstić information content (AvgIpc) is 2.16. The van der Waals surface area contributed by atoms with Crippen molar-refractivity contribution in [1.29, 1.82) is 0 Å². The van der Waals surface area contributed by atoms with Crippen molar-refractivity contribution in [3.8, 4) is 0 Å². The summed E-state index contributed by atoms with van der Waals surface area (Å²) in [5.41, 5.74) is 11.8. The second kappa shape index (κ2) is 3.90. The molecule has 1 rings (SSSR count). The molecule has 0 amide bonds. The highest BCUT2D eigenvalue weighted by atomic mass is 16.4. The van der Waals surface area contributed by atoms with Gasteiger partial charge in [-0.05, 0) is 31.5 Å². The second-order valence-corrected chi connectivity index (χ2v) is 4.17. The molecule has 1 aromatic rings. The molecular weight excluding hydrogens is 192 g/mol. The van der Waals surface area contributed by atoms with Crippen molar-refractivity contribution < 1.29 is 9.90 Å². The van der Waals surface area contributed by atoms with Crippen LogP contribution in [0, 0.1) is 5.41 Å². The smallest absolute Gasteiger partial charge is 0.311 e. The van der Waals surface area contributed by atoms with Gasteiger partial charge in [0.2, 0.25) is 0 Å².